The minimum Gasteiger partial charge on any atom is -0.481 e. The molecule has 0 bridgehead atoms. The standard InChI is InChI=1S/C18H22N2O2/c1-12-8-13(2)14(3)17(9-12)22-15(4)18(21)20-11-16-6-5-7-19-10-16/h5-10,15H,11H2,1-4H3,(H,20,21)/t15-/m0/s1. The van der Waals surface area contributed by atoms with E-state index in [1.807, 2.05) is 39.0 Å². The highest BCUT2D eigenvalue weighted by atomic mass is 16.5. The van der Waals surface area contributed by atoms with Crippen LogP contribution < -0.4 is 10.1 Å². The lowest BCUT2D eigenvalue weighted by Gasteiger charge is -2.18. The molecule has 116 valence electrons. The van der Waals surface area contributed by atoms with Crippen molar-refractivity contribution in [2.24, 2.45) is 0 Å². The molecular weight excluding hydrogens is 276 g/mol. The number of nitrogens with zero attached hydrogens (tertiary/aromatic N) is 1. The van der Waals surface area contributed by atoms with Crippen LogP contribution in [0.4, 0.5) is 0 Å². The first-order valence-electron chi connectivity index (χ1n) is 7.38. The van der Waals surface area contributed by atoms with Crippen molar-refractivity contribution < 1.29 is 9.53 Å². The van der Waals surface area contributed by atoms with Gasteiger partial charge < -0.3 is 10.1 Å². The van der Waals surface area contributed by atoms with Gasteiger partial charge in [0.2, 0.25) is 0 Å². The average molecular weight is 298 g/mol. The molecule has 0 aliphatic rings. The van der Waals surface area contributed by atoms with Gasteiger partial charge in [-0.15, -0.1) is 0 Å². The maximum Gasteiger partial charge on any atom is 0.261 e. The summed E-state index contributed by atoms with van der Waals surface area (Å²) in [6.45, 7) is 8.28. The third-order valence-corrected chi connectivity index (χ3v) is 3.63. The van der Waals surface area contributed by atoms with Crippen molar-refractivity contribution in [1.82, 2.24) is 10.3 Å². The first kappa shape index (κ1) is 16.0. The van der Waals surface area contributed by atoms with Gasteiger partial charge in [-0.3, -0.25) is 9.78 Å². The van der Waals surface area contributed by atoms with Gasteiger partial charge in [0.05, 0.1) is 0 Å². The van der Waals surface area contributed by atoms with Crippen LogP contribution in [0.25, 0.3) is 0 Å². The average Bonchev–Trinajstić information content (AvgIpc) is 2.50. The Bertz CT molecular complexity index is 654. The third-order valence-electron chi connectivity index (χ3n) is 3.63. The number of hydrogen-bond acceptors (Lipinski definition) is 3. The number of rotatable bonds is 5. The number of benzene rings is 1. The summed E-state index contributed by atoms with van der Waals surface area (Å²) in [7, 11) is 0. The van der Waals surface area contributed by atoms with E-state index in [-0.39, 0.29) is 5.91 Å². The Morgan fingerprint density at radius 1 is 1.32 bits per heavy atom. The summed E-state index contributed by atoms with van der Waals surface area (Å²) < 4.78 is 5.83. The molecule has 4 heteroatoms. The molecule has 2 aromatic rings. The van der Waals surface area contributed by atoms with Crippen LogP contribution in [0.15, 0.2) is 36.7 Å². The van der Waals surface area contributed by atoms with Gasteiger partial charge in [0.15, 0.2) is 6.10 Å². The number of ether oxygens (including phenoxy) is 1. The Kier molecular flexibility index (Phi) is 5.15. The third kappa shape index (κ3) is 4.07. The predicted octanol–water partition coefficient (Wildman–Crippen LogP) is 3.09. The first-order valence-corrected chi connectivity index (χ1v) is 7.38. The molecule has 0 radical (unpaired) electrons. The first-order chi connectivity index (χ1) is 10.5. The molecule has 0 spiro atoms. The summed E-state index contributed by atoms with van der Waals surface area (Å²) in [5.41, 5.74) is 4.32. The lowest BCUT2D eigenvalue weighted by Crippen LogP contribution is -2.36. The molecule has 0 fully saturated rings. The molecule has 0 aliphatic carbocycles. The fourth-order valence-electron chi connectivity index (χ4n) is 2.20. The molecular formula is C18H22N2O2. The van der Waals surface area contributed by atoms with Gasteiger partial charge in [-0.25, -0.2) is 0 Å². The van der Waals surface area contributed by atoms with Crippen LogP contribution >= 0.6 is 0 Å². The molecule has 0 aliphatic heterocycles. The molecule has 1 N–H and O–H groups in total. The Hall–Kier alpha value is -2.36. The summed E-state index contributed by atoms with van der Waals surface area (Å²) in [5.74, 6) is 0.629. The largest absolute Gasteiger partial charge is 0.481 e. The highest BCUT2D eigenvalue weighted by molar-refractivity contribution is 5.80. The molecule has 22 heavy (non-hydrogen) atoms. The van der Waals surface area contributed by atoms with Crippen LogP contribution in [0.5, 0.6) is 5.75 Å². The summed E-state index contributed by atoms with van der Waals surface area (Å²) in [6, 6.07) is 7.84. The minimum atomic E-state index is -0.545. The molecule has 1 amide bonds. The van der Waals surface area contributed by atoms with Gasteiger partial charge in [0.1, 0.15) is 5.75 Å². The van der Waals surface area contributed by atoms with E-state index in [1.54, 1.807) is 19.3 Å². The van der Waals surface area contributed by atoms with Crippen LogP contribution in [0.3, 0.4) is 0 Å². The van der Waals surface area contributed by atoms with Gasteiger partial charge in [-0.05, 0) is 62.1 Å². The fraction of sp³-hybridized carbons (Fsp3) is 0.333. The quantitative estimate of drug-likeness (QED) is 0.923. The van der Waals surface area contributed by atoms with E-state index in [1.165, 1.54) is 0 Å². The van der Waals surface area contributed by atoms with Crippen LogP contribution in [0.2, 0.25) is 0 Å². The molecule has 2 rings (SSSR count). The Morgan fingerprint density at radius 3 is 2.77 bits per heavy atom. The lowest BCUT2D eigenvalue weighted by atomic mass is 10.1. The Morgan fingerprint density at radius 2 is 2.09 bits per heavy atom. The van der Waals surface area contributed by atoms with Gasteiger partial charge in [-0.2, -0.15) is 0 Å². The maximum atomic E-state index is 12.1. The van der Waals surface area contributed by atoms with Gasteiger partial charge in [-0.1, -0.05) is 12.1 Å². The highest BCUT2D eigenvalue weighted by Crippen LogP contribution is 2.24. The van der Waals surface area contributed by atoms with Crippen molar-refractivity contribution in [3.05, 3.63) is 58.9 Å². The number of carbonyl (C=O) groups excluding carboxylic acids is 1. The van der Waals surface area contributed by atoms with Crippen molar-refractivity contribution in [2.45, 2.75) is 40.3 Å². The van der Waals surface area contributed by atoms with Gasteiger partial charge >= 0.3 is 0 Å². The van der Waals surface area contributed by atoms with Crippen molar-refractivity contribution >= 4 is 5.91 Å². The molecule has 0 unspecified atom stereocenters. The number of nitrogens with one attached hydrogen (secondary N) is 1. The lowest BCUT2D eigenvalue weighted by molar-refractivity contribution is -0.127. The van der Waals surface area contributed by atoms with Crippen LogP contribution in [0.1, 0.15) is 29.2 Å². The number of aryl methyl sites for hydroxylation is 2. The van der Waals surface area contributed by atoms with E-state index in [9.17, 15) is 4.79 Å². The molecule has 4 nitrogen and oxygen atoms in total. The van der Waals surface area contributed by atoms with Crippen LogP contribution in [0, 0.1) is 20.8 Å². The zero-order valence-electron chi connectivity index (χ0n) is 13.5. The SMILES string of the molecule is Cc1cc(C)c(C)c(O[C@@H](C)C(=O)NCc2cccnc2)c1. The summed E-state index contributed by atoms with van der Waals surface area (Å²) in [6.07, 6.45) is 2.90. The van der Waals surface area contributed by atoms with E-state index >= 15 is 0 Å². The second-order valence-electron chi connectivity index (χ2n) is 5.54. The minimum absolute atomic E-state index is 0.137. The Balaban J connectivity index is 1.97. The second kappa shape index (κ2) is 7.07. The van der Waals surface area contributed by atoms with Crippen molar-refractivity contribution in [3.63, 3.8) is 0 Å². The number of aromatic nitrogens is 1. The molecule has 0 saturated heterocycles. The zero-order chi connectivity index (χ0) is 16.1. The van der Waals surface area contributed by atoms with E-state index in [2.05, 4.69) is 16.4 Å². The van der Waals surface area contributed by atoms with Crippen LogP contribution in [-0.4, -0.2) is 17.0 Å². The number of amides is 1. The van der Waals surface area contributed by atoms with Crippen molar-refractivity contribution in [1.29, 1.82) is 0 Å². The smallest absolute Gasteiger partial charge is 0.261 e. The second-order valence-corrected chi connectivity index (χ2v) is 5.54. The van der Waals surface area contributed by atoms with Crippen LogP contribution in [-0.2, 0) is 11.3 Å². The zero-order valence-corrected chi connectivity index (χ0v) is 13.5. The van der Waals surface area contributed by atoms with E-state index in [0.29, 0.717) is 6.54 Å². The van der Waals surface area contributed by atoms with Gasteiger partial charge in [0.25, 0.3) is 5.91 Å². The van der Waals surface area contributed by atoms with Crippen molar-refractivity contribution in [2.75, 3.05) is 0 Å². The topological polar surface area (TPSA) is 51.2 Å². The van der Waals surface area contributed by atoms with Gasteiger partial charge in [0, 0.05) is 18.9 Å². The van der Waals surface area contributed by atoms with E-state index in [4.69, 9.17) is 4.74 Å². The fourth-order valence-corrected chi connectivity index (χ4v) is 2.20. The summed E-state index contributed by atoms with van der Waals surface area (Å²) in [4.78, 5) is 16.2. The molecule has 1 aromatic heterocycles. The molecule has 0 saturated carbocycles. The predicted molar refractivity (Wildman–Crippen MR) is 86.8 cm³/mol. The molecule has 1 atom stereocenters. The maximum absolute atomic E-state index is 12.1. The Labute approximate surface area is 131 Å². The number of pyridine rings is 1. The highest BCUT2D eigenvalue weighted by Gasteiger charge is 2.16. The normalized spacial score (nSPS) is 11.8. The van der Waals surface area contributed by atoms with E-state index in [0.717, 1.165) is 28.0 Å². The number of carbonyl (C=O) groups is 1. The van der Waals surface area contributed by atoms with E-state index < -0.39 is 6.10 Å². The monoisotopic (exact) mass is 298 g/mol. The van der Waals surface area contributed by atoms with Crippen molar-refractivity contribution in [3.8, 4) is 5.75 Å². The summed E-state index contributed by atoms with van der Waals surface area (Å²) in [5, 5.41) is 2.86. The molecule has 1 aromatic carbocycles. The number of hydrogen-bond donors (Lipinski definition) is 1. The molecule has 1 heterocycles. The summed E-state index contributed by atoms with van der Waals surface area (Å²) >= 11 is 0.